The van der Waals surface area contributed by atoms with Crippen molar-refractivity contribution in [3.05, 3.63) is 35.4 Å². The molecule has 0 aromatic heterocycles. The zero-order chi connectivity index (χ0) is 14.9. The van der Waals surface area contributed by atoms with Crippen LogP contribution >= 0.6 is 0 Å². The van der Waals surface area contributed by atoms with Gasteiger partial charge >= 0.3 is 0 Å². The molecule has 1 aliphatic rings. The molecule has 0 bridgehead atoms. The van der Waals surface area contributed by atoms with Gasteiger partial charge in [0.05, 0.1) is 13.2 Å². The Morgan fingerprint density at radius 3 is 3.05 bits per heavy atom. The number of oxime groups is 2. The first-order chi connectivity index (χ1) is 10.4. The van der Waals surface area contributed by atoms with E-state index in [2.05, 4.69) is 20.8 Å². The Bertz CT molecular complexity index is 555. The number of hydrogen-bond acceptors (Lipinski definition) is 7. The monoisotopic (exact) mass is 290 g/mol. The molecule has 0 saturated heterocycles. The van der Waals surface area contributed by atoms with E-state index in [1.54, 1.807) is 13.1 Å². The molecule has 21 heavy (non-hydrogen) atoms. The van der Waals surface area contributed by atoms with E-state index < -0.39 is 0 Å². The molecular weight excluding hydrogens is 272 g/mol. The maximum atomic E-state index is 5.21. The van der Waals surface area contributed by atoms with Crippen molar-refractivity contribution in [3.63, 3.8) is 0 Å². The third-order valence-electron chi connectivity index (χ3n) is 2.71. The fraction of sp³-hybridized carbons (Fsp3) is 0.357. The average Bonchev–Trinajstić information content (AvgIpc) is 2.54. The first-order valence-electron chi connectivity index (χ1n) is 6.58. The lowest BCUT2D eigenvalue weighted by molar-refractivity contribution is 0.0836. The van der Waals surface area contributed by atoms with Gasteiger partial charge in [-0.05, 0) is 6.92 Å². The van der Waals surface area contributed by atoms with Crippen molar-refractivity contribution in [1.29, 1.82) is 0 Å². The molecule has 1 aromatic carbocycles. The number of nitrogens with one attached hydrogen (secondary N) is 1. The topological polar surface area (TPSA) is 76.8 Å². The Balaban J connectivity index is 2.31. The van der Waals surface area contributed by atoms with Gasteiger partial charge in [0.1, 0.15) is 13.7 Å². The normalized spacial score (nSPS) is 15.5. The molecule has 0 aliphatic carbocycles. The van der Waals surface area contributed by atoms with Crippen LogP contribution in [0.2, 0.25) is 0 Å². The van der Waals surface area contributed by atoms with E-state index in [0.717, 1.165) is 11.1 Å². The molecule has 7 heteroatoms. The van der Waals surface area contributed by atoms with Crippen LogP contribution in [0, 0.1) is 0 Å². The molecule has 0 unspecified atom stereocenters. The van der Waals surface area contributed by atoms with E-state index in [1.165, 1.54) is 7.11 Å². The second kappa shape index (κ2) is 8.01. The van der Waals surface area contributed by atoms with Gasteiger partial charge in [-0.15, -0.1) is 0 Å². The van der Waals surface area contributed by atoms with Gasteiger partial charge < -0.3 is 9.68 Å². The van der Waals surface area contributed by atoms with Crippen LogP contribution in [0.5, 0.6) is 0 Å². The first-order valence-corrected chi connectivity index (χ1v) is 6.58. The summed E-state index contributed by atoms with van der Waals surface area (Å²) in [5, 5.41) is 7.82. The molecule has 0 amide bonds. The lowest BCUT2D eigenvalue weighted by atomic mass is 10.0. The van der Waals surface area contributed by atoms with E-state index in [-0.39, 0.29) is 0 Å². The Hall–Kier alpha value is -2.41. The van der Waals surface area contributed by atoms with E-state index in [4.69, 9.17) is 14.5 Å². The van der Waals surface area contributed by atoms with Gasteiger partial charge in [0.25, 0.3) is 0 Å². The highest BCUT2D eigenvalue weighted by Gasteiger charge is 2.18. The lowest BCUT2D eigenvalue weighted by Gasteiger charge is -2.17. The highest BCUT2D eigenvalue weighted by atomic mass is 16.6. The third-order valence-corrected chi connectivity index (χ3v) is 2.71. The minimum absolute atomic E-state index is 0.331. The molecule has 0 atom stereocenters. The molecule has 0 fully saturated rings. The highest BCUT2D eigenvalue weighted by Crippen LogP contribution is 2.13. The summed E-state index contributed by atoms with van der Waals surface area (Å²) in [6.07, 6.45) is 1.59. The fourth-order valence-corrected chi connectivity index (χ4v) is 1.85. The minimum atomic E-state index is 0.331. The van der Waals surface area contributed by atoms with E-state index in [0.29, 0.717) is 31.3 Å². The standard InChI is InChI=1S/C14H18N4O3/c1-3-16-21-10-11-6-4-5-7-12(11)13(17-19-2)14-15-8-9-20-18-14/h3-7H,8-10H2,1-2H3,(H,15,18)/b16-3-,17-13+. The van der Waals surface area contributed by atoms with Gasteiger partial charge in [-0.25, -0.2) is 5.48 Å². The Morgan fingerprint density at radius 2 is 2.33 bits per heavy atom. The van der Waals surface area contributed by atoms with Crippen LogP contribution in [0.1, 0.15) is 18.1 Å². The van der Waals surface area contributed by atoms with Crippen molar-refractivity contribution in [3.8, 4) is 0 Å². The number of benzene rings is 1. The molecule has 0 radical (unpaired) electrons. The van der Waals surface area contributed by atoms with Crippen LogP contribution in [0.3, 0.4) is 0 Å². The molecular formula is C14H18N4O3. The van der Waals surface area contributed by atoms with Crippen molar-refractivity contribution >= 4 is 17.8 Å². The molecule has 1 aromatic rings. The quantitative estimate of drug-likeness (QED) is 0.636. The second-order valence-electron chi connectivity index (χ2n) is 4.10. The fourth-order valence-electron chi connectivity index (χ4n) is 1.85. The SMILES string of the molecule is C/C=N\OCc1ccccc1/C(=N\OC)C1=NCCON1. The summed E-state index contributed by atoms with van der Waals surface area (Å²) < 4.78 is 0. The molecule has 1 aliphatic heterocycles. The van der Waals surface area contributed by atoms with Crippen LogP contribution in [0.4, 0.5) is 0 Å². The van der Waals surface area contributed by atoms with Crippen molar-refractivity contribution in [2.75, 3.05) is 20.3 Å². The van der Waals surface area contributed by atoms with Crippen molar-refractivity contribution in [1.82, 2.24) is 5.48 Å². The number of hydrogen-bond donors (Lipinski definition) is 1. The Labute approximate surface area is 123 Å². The number of aliphatic imine (C=N–C) groups is 1. The van der Waals surface area contributed by atoms with Gasteiger partial charge in [0.2, 0.25) is 0 Å². The average molecular weight is 290 g/mol. The Morgan fingerprint density at radius 1 is 1.48 bits per heavy atom. The molecule has 1 heterocycles. The first kappa shape index (κ1) is 15.0. The van der Waals surface area contributed by atoms with Gasteiger partial charge in [0, 0.05) is 17.3 Å². The summed E-state index contributed by atoms with van der Waals surface area (Å²) in [5.41, 5.74) is 5.11. The molecule has 1 N–H and O–H groups in total. The molecule has 7 nitrogen and oxygen atoms in total. The second-order valence-corrected chi connectivity index (χ2v) is 4.10. The lowest BCUT2D eigenvalue weighted by Crippen LogP contribution is -2.37. The number of amidine groups is 1. The summed E-state index contributed by atoms with van der Waals surface area (Å²) in [6, 6.07) is 7.70. The smallest absolute Gasteiger partial charge is 0.175 e. The zero-order valence-electron chi connectivity index (χ0n) is 12.1. The highest BCUT2D eigenvalue weighted by molar-refractivity contribution is 6.47. The molecule has 2 rings (SSSR count). The van der Waals surface area contributed by atoms with E-state index >= 15 is 0 Å². The van der Waals surface area contributed by atoms with Gasteiger partial charge in [-0.3, -0.25) is 9.83 Å². The number of hydroxylamine groups is 1. The molecule has 112 valence electrons. The largest absolute Gasteiger partial charge is 0.399 e. The maximum Gasteiger partial charge on any atom is 0.175 e. The summed E-state index contributed by atoms with van der Waals surface area (Å²) in [5.74, 6) is 0.537. The predicted molar refractivity (Wildman–Crippen MR) is 80.3 cm³/mol. The van der Waals surface area contributed by atoms with Gasteiger partial charge in [-0.1, -0.05) is 34.6 Å². The summed E-state index contributed by atoms with van der Waals surface area (Å²) >= 11 is 0. The van der Waals surface area contributed by atoms with Crippen LogP contribution < -0.4 is 5.48 Å². The zero-order valence-corrected chi connectivity index (χ0v) is 12.1. The molecule has 0 saturated carbocycles. The number of nitrogens with zero attached hydrogens (tertiary/aromatic N) is 3. The van der Waals surface area contributed by atoms with Crippen LogP contribution in [-0.2, 0) is 21.1 Å². The van der Waals surface area contributed by atoms with Crippen molar-refractivity contribution in [2.24, 2.45) is 15.3 Å². The predicted octanol–water partition coefficient (Wildman–Crippen LogP) is 1.49. The van der Waals surface area contributed by atoms with Crippen LogP contribution in [0.15, 0.2) is 39.6 Å². The molecule has 0 spiro atoms. The summed E-state index contributed by atoms with van der Waals surface area (Å²) in [7, 11) is 1.49. The Kier molecular flexibility index (Phi) is 5.71. The van der Waals surface area contributed by atoms with Crippen LogP contribution in [0.25, 0.3) is 0 Å². The summed E-state index contributed by atoms with van der Waals surface area (Å²) in [4.78, 5) is 19.7. The van der Waals surface area contributed by atoms with E-state index in [9.17, 15) is 0 Å². The maximum absolute atomic E-state index is 5.21. The van der Waals surface area contributed by atoms with E-state index in [1.807, 2.05) is 24.3 Å². The van der Waals surface area contributed by atoms with Crippen LogP contribution in [-0.4, -0.2) is 38.0 Å². The summed E-state index contributed by atoms with van der Waals surface area (Å²) in [6.45, 7) is 3.22. The number of rotatable bonds is 6. The van der Waals surface area contributed by atoms with Crippen molar-refractivity contribution in [2.45, 2.75) is 13.5 Å². The van der Waals surface area contributed by atoms with Gasteiger partial charge in [0.15, 0.2) is 11.5 Å². The van der Waals surface area contributed by atoms with Crippen molar-refractivity contribution < 1.29 is 14.5 Å². The van der Waals surface area contributed by atoms with Gasteiger partial charge in [-0.2, -0.15) is 0 Å². The third kappa shape index (κ3) is 4.03. The minimum Gasteiger partial charge on any atom is -0.399 e.